The van der Waals surface area contributed by atoms with E-state index >= 15 is 0 Å². The molecule has 122 valence electrons. The molecule has 0 radical (unpaired) electrons. The fourth-order valence-electron chi connectivity index (χ4n) is 2.40. The molecule has 7 heteroatoms. The minimum Gasteiger partial charge on any atom is -0.350 e. The molecule has 0 aromatic heterocycles. The number of halogens is 1. The van der Waals surface area contributed by atoms with Crippen LogP contribution in [-0.2, 0) is 0 Å². The highest BCUT2D eigenvalue weighted by molar-refractivity contribution is 8.14. The Labute approximate surface area is 141 Å². The summed E-state index contributed by atoms with van der Waals surface area (Å²) in [6.45, 7) is 6.32. The van der Waals surface area contributed by atoms with Crippen molar-refractivity contribution in [3.8, 4) is 0 Å². The van der Waals surface area contributed by atoms with E-state index in [2.05, 4.69) is 30.8 Å². The number of benzene rings is 1. The molecule has 1 heterocycles. The molecule has 0 saturated carbocycles. The number of aryl methyl sites for hydroxylation is 1. The number of non-ortho nitro benzene ring substituents is 1. The fourth-order valence-corrected chi connectivity index (χ4v) is 3.62. The smallest absolute Gasteiger partial charge is 0.269 e. The molecular weight excluding hydrogens is 322 g/mol. The van der Waals surface area contributed by atoms with E-state index in [1.165, 1.54) is 6.07 Å². The molecule has 1 aliphatic heterocycles. The molecule has 0 aliphatic carbocycles. The molecule has 1 saturated heterocycles. The maximum Gasteiger partial charge on any atom is 0.269 e. The largest absolute Gasteiger partial charge is 0.350 e. The molecule has 1 aromatic rings. The van der Waals surface area contributed by atoms with E-state index in [1.807, 2.05) is 6.92 Å². The summed E-state index contributed by atoms with van der Waals surface area (Å²) < 4.78 is 0. The molecule has 1 aromatic carbocycles. The molecular formula is C15H22ClN3O2S. The zero-order valence-electron chi connectivity index (χ0n) is 13.3. The van der Waals surface area contributed by atoms with Gasteiger partial charge in [0.25, 0.3) is 5.69 Å². The molecule has 0 bridgehead atoms. The number of nitrogens with zero attached hydrogens (tertiary/aromatic N) is 3. The highest BCUT2D eigenvalue weighted by Gasteiger charge is 2.27. The Morgan fingerprint density at radius 3 is 2.73 bits per heavy atom. The predicted molar refractivity (Wildman–Crippen MR) is 95.6 cm³/mol. The number of amidine groups is 1. The number of aliphatic imine (C=N–C) groups is 1. The van der Waals surface area contributed by atoms with Gasteiger partial charge < -0.3 is 4.90 Å². The van der Waals surface area contributed by atoms with E-state index in [-0.39, 0.29) is 23.0 Å². The first-order chi connectivity index (χ1) is 9.88. The molecule has 1 aliphatic rings. The van der Waals surface area contributed by atoms with Crippen LogP contribution >= 0.6 is 24.2 Å². The van der Waals surface area contributed by atoms with Gasteiger partial charge in [-0.1, -0.05) is 25.6 Å². The van der Waals surface area contributed by atoms with Gasteiger partial charge >= 0.3 is 0 Å². The third kappa shape index (κ3) is 4.36. The average molecular weight is 344 g/mol. The van der Waals surface area contributed by atoms with Crippen LogP contribution in [0.2, 0.25) is 0 Å². The van der Waals surface area contributed by atoms with Crippen molar-refractivity contribution >= 4 is 40.7 Å². The molecule has 1 atom stereocenters. The second-order valence-corrected chi connectivity index (χ2v) is 6.81. The van der Waals surface area contributed by atoms with E-state index in [4.69, 9.17) is 0 Å². The van der Waals surface area contributed by atoms with Crippen LogP contribution in [0.5, 0.6) is 0 Å². The molecule has 0 spiro atoms. The van der Waals surface area contributed by atoms with Gasteiger partial charge in [0.2, 0.25) is 0 Å². The van der Waals surface area contributed by atoms with Gasteiger partial charge in [-0.15, -0.1) is 12.4 Å². The van der Waals surface area contributed by atoms with Crippen LogP contribution < -0.4 is 0 Å². The second-order valence-electron chi connectivity index (χ2n) is 5.83. The van der Waals surface area contributed by atoms with Crippen molar-refractivity contribution in [2.75, 3.05) is 12.8 Å². The molecule has 5 nitrogen and oxygen atoms in total. The number of thioether (sulfide) groups is 1. The van der Waals surface area contributed by atoms with Crippen molar-refractivity contribution in [1.29, 1.82) is 0 Å². The van der Waals surface area contributed by atoms with Gasteiger partial charge in [0.15, 0.2) is 5.17 Å². The van der Waals surface area contributed by atoms with Gasteiger partial charge in [-0.05, 0) is 30.9 Å². The van der Waals surface area contributed by atoms with Gasteiger partial charge in [0.1, 0.15) is 0 Å². The van der Waals surface area contributed by atoms with Crippen LogP contribution in [0, 0.1) is 23.0 Å². The van der Waals surface area contributed by atoms with Crippen molar-refractivity contribution in [1.82, 2.24) is 4.90 Å². The Hall–Kier alpha value is -1.27. The van der Waals surface area contributed by atoms with E-state index < -0.39 is 0 Å². The molecule has 0 amide bonds. The zero-order valence-corrected chi connectivity index (χ0v) is 14.9. The van der Waals surface area contributed by atoms with Crippen LogP contribution in [0.3, 0.4) is 0 Å². The Morgan fingerprint density at radius 2 is 2.18 bits per heavy atom. The lowest BCUT2D eigenvalue weighted by Gasteiger charge is -2.22. The summed E-state index contributed by atoms with van der Waals surface area (Å²) in [6.07, 6.45) is 1.15. The summed E-state index contributed by atoms with van der Waals surface area (Å²) in [5.41, 5.74) is 1.75. The molecule has 22 heavy (non-hydrogen) atoms. The Kier molecular flexibility index (Phi) is 6.68. The van der Waals surface area contributed by atoms with Gasteiger partial charge in [-0.25, -0.2) is 4.99 Å². The minimum absolute atomic E-state index is 0. The topological polar surface area (TPSA) is 58.7 Å². The number of rotatable bonds is 4. The highest BCUT2D eigenvalue weighted by atomic mass is 35.5. The Balaban J connectivity index is 0.00000242. The summed E-state index contributed by atoms with van der Waals surface area (Å²) in [5.74, 6) is 1.72. The zero-order chi connectivity index (χ0) is 15.6. The number of nitro groups is 1. The molecule has 1 fully saturated rings. The van der Waals surface area contributed by atoms with Crippen LogP contribution in [0.4, 0.5) is 11.4 Å². The maximum absolute atomic E-state index is 10.8. The third-order valence-corrected chi connectivity index (χ3v) is 4.79. The minimum atomic E-state index is -0.376. The molecule has 2 rings (SSSR count). The summed E-state index contributed by atoms with van der Waals surface area (Å²) in [6, 6.07) is 5.33. The van der Waals surface area contributed by atoms with Crippen LogP contribution in [-0.4, -0.2) is 33.8 Å². The summed E-state index contributed by atoms with van der Waals surface area (Å²) in [4.78, 5) is 17.3. The van der Waals surface area contributed by atoms with Crippen LogP contribution in [0.25, 0.3) is 0 Å². The lowest BCUT2D eigenvalue weighted by molar-refractivity contribution is -0.384. The predicted octanol–water partition coefficient (Wildman–Crippen LogP) is 4.41. The lowest BCUT2D eigenvalue weighted by Crippen LogP contribution is -2.30. The van der Waals surface area contributed by atoms with Crippen molar-refractivity contribution in [3.63, 3.8) is 0 Å². The SMILES string of the molecule is Cc1cc([N+](=O)[O-])ccc1N=C1SC[C@H](CC(C)C)N1C.Cl. The first-order valence-corrected chi connectivity index (χ1v) is 8.06. The number of hydrogen-bond donors (Lipinski definition) is 0. The Bertz CT molecular complexity index is 578. The number of nitro benzene ring substituents is 1. The quantitative estimate of drug-likeness (QED) is 0.600. The van der Waals surface area contributed by atoms with E-state index in [1.54, 1.807) is 23.9 Å². The lowest BCUT2D eigenvalue weighted by atomic mass is 10.0. The average Bonchev–Trinajstić information content (AvgIpc) is 2.73. The van der Waals surface area contributed by atoms with Crippen molar-refractivity contribution in [2.24, 2.45) is 10.9 Å². The van der Waals surface area contributed by atoms with Gasteiger partial charge in [0, 0.05) is 31.0 Å². The summed E-state index contributed by atoms with van der Waals surface area (Å²) in [5, 5.41) is 11.8. The van der Waals surface area contributed by atoms with E-state index in [9.17, 15) is 10.1 Å². The van der Waals surface area contributed by atoms with Gasteiger partial charge in [0.05, 0.1) is 10.6 Å². The fraction of sp³-hybridized carbons (Fsp3) is 0.533. The highest BCUT2D eigenvalue weighted by Crippen LogP contribution is 2.31. The Morgan fingerprint density at radius 1 is 1.50 bits per heavy atom. The van der Waals surface area contributed by atoms with E-state index in [0.29, 0.717) is 12.0 Å². The van der Waals surface area contributed by atoms with Crippen LogP contribution in [0.15, 0.2) is 23.2 Å². The second kappa shape index (κ2) is 7.83. The third-order valence-electron chi connectivity index (χ3n) is 3.61. The summed E-state index contributed by atoms with van der Waals surface area (Å²) in [7, 11) is 2.08. The molecule has 0 N–H and O–H groups in total. The van der Waals surface area contributed by atoms with E-state index in [0.717, 1.165) is 28.6 Å². The monoisotopic (exact) mass is 343 g/mol. The normalized spacial score (nSPS) is 19.6. The first kappa shape index (κ1) is 18.8. The van der Waals surface area contributed by atoms with Crippen molar-refractivity contribution < 1.29 is 4.92 Å². The van der Waals surface area contributed by atoms with Gasteiger partial charge in [-0.2, -0.15) is 0 Å². The van der Waals surface area contributed by atoms with Gasteiger partial charge in [-0.3, -0.25) is 10.1 Å². The number of hydrogen-bond acceptors (Lipinski definition) is 4. The molecule has 0 unspecified atom stereocenters. The maximum atomic E-state index is 10.8. The van der Waals surface area contributed by atoms with Crippen LogP contribution in [0.1, 0.15) is 25.8 Å². The standard InChI is InChI=1S/C15H21N3O2S.ClH/c1-10(2)7-13-9-21-15(17(13)4)16-14-6-5-12(18(19)20)8-11(14)3;/h5-6,8,10,13H,7,9H2,1-4H3;1H/t13-;/m0./s1. The first-order valence-electron chi connectivity index (χ1n) is 7.08. The van der Waals surface area contributed by atoms with Crippen molar-refractivity contribution in [3.05, 3.63) is 33.9 Å². The van der Waals surface area contributed by atoms with Crippen molar-refractivity contribution in [2.45, 2.75) is 33.2 Å². The summed E-state index contributed by atoms with van der Waals surface area (Å²) >= 11 is 1.76.